The van der Waals surface area contributed by atoms with Crippen molar-refractivity contribution in [3.05, 3.63) is 12.3 Å². The van der Waals surface area contributed by atoms with Gasteiger partial charge in [0.2, 0.25) is 5.67 Å². The minimum Gasteiger partial charge on any atom is -0.394 e. The summed E-state index contributed by atoms with van der Waals surface area (Å²) in [4.78, 5) is 12.6. The number of hydrogen-bond donors (Lipinski definition) is 4. The summed E-state index contributed by atoms with van der Waals surface area (Å²) in [6.07, 6.45) is 2.56. The first kappa shape index (κ1) is 13.8. The lowest BCUT2D eigenvalue weighted by Crippen LogP contribution is -2.58. The molecule has 1 fully saturated rings. The maximum atomic E-state index is 14.6. The molecule has 0 aromatic rings. The lowest BCUT2D eigenvalue weighted by molar-refractivity contribution is -0.0654. The van der Waals surface area contributed by atoms with Gasteiger partial charge in [0.1, 0.15) is 12.2 Å². The molecule has 104 valence electrons. The number of urea groups is 1. The van der Waals surface area contributed by atoms with E-state index in [4.69, 9.17) is 22.0 Å². The molecule has 8 heteroatoms. The zero-order valence-electron chi connectivity index (χ0n) is 9.86. The fourth-order valence-electron chi connectivity index (χ4n) is 2.03. The number of nitrogens with one attached hydrogen (secondary N) is 1. The predicted molar refractivity (Wildman–Crippen MR) is 61.9 cm³/mol. The summed E-state index contributed by atoms with van der Waals surface area (Å²) in [5.41, 5.74) is 2.84. The quantitative estimate of drug-likeness (QED) is 0.445. The second kappa shape index (κ2) is 4.79. The van der Waals surface area contributed by atoms with E-state index >= 15 is 0 Å². The Morgan fingerprint density at radius 1 is 1.74 bits per heavy atom. The molecule has 0 aromatic carbocycles. The van der Waals surface area contributed by atoms with Gasteiger partial charge >= 0.3 is 6.03 Å². The Hall–Kier alpha value is -1.66. The van der Waals surface area contributed by atoms with Gasteiger partial charge in [0.15, 0.2) is 6.23 Å². The Balaban J connectivity index is 2.31. The zero-order chi connectivity index (χ0) is 14.2. The first-order valence-corrected chi connectivity index (χ1v) is 5.58. The topological polar surface area (TPSA) is 108 Å². The van der Waals surface area contributed by atoms with Crippen molar-refractivity contribution in [2.45, 2.75) is 30.3 Å². The van der Waals surface area contributed by atoms with Gasteiger partial charge in [-0.25, -0.2) is 9.18 Å². The standard InChI is InChI=1S/C11H14FN3O4/c1-2-11(12)8(17)6(5-16)19-9(11)15-4-3-7(13)14-10(15)18/h1,3-4,6-9,16-17H,5,13H2,(H,14,18)/t6-,7?,8?,9-,11+/m1/s1. The Bertz CT molecular complexity index is 452. The van der Waals surface area contributed by atoms with Crippen LogP contribution in [-0.2, 0) is 4.74 Å². The van der Waals surface area contributed by atoms with E-state index in [1.54, 1.807) is 5.92 Å². The van der Waals surface area contributed by atoms with Crippen LogP contribution < -0.4 is 11.1 Å². The van der Waals surface area contributed by atoms with Gasteiger partial charge in [0, 0.05) is 6.20 Å². The third kappa shape index (κ3) is 2.06. The molecule has 0 aliphatic carbocycles. The Morgan fingerprint density at radius 2 is 2.42 bits per heavy atom. The third-order valence-corrected chi connectivity index (χ3v) is 3.08. The number of alkyl halides is 1. The highest BCUT2D eigenvalue weighted by atomic mass is 19.1. The maximum absolute atomic E-state index is 14.6. The molecule has 0 saturated carbocycles. The molecule has 0 spiro atoms. The molecule has 2 aliphatic heterocycles. The summed E-state index contributed by atoms with van der Waals surface area (Å²) in [7, 11) is 0. The van der Waals surface area contributed by atoms with Crippen molar-refractivity contribution in [1.29, 1.82) is 0 Å². The number of carbonyl (C=O) groups is 1. The van der Waals surface area contributed by atoms with Crippen molar-refractivity contribution in [3.63, 3.8) is 0 Å². The summed E-state index contributed by atoms with van der Waals surface area (Å²) in [5, 5.41) is 21.1. The number of amides is 2. The smallest absolute Gasteiger partial charge is 0.325 e. The highest BCUT2D eigenvalue weighted by Crippen LogP contribution is 2.36. The average Bonchev–Trinajstić information content (AvgIpc) is 2.63. The number of nitrogens with zero attached hydrogens (tertiary/aromatic N) is 1. The van der Waals surface area contributed by atoms with Gasteiger partial charge in [0.05, 0.1) is 12.8 Å². The van der Waals surface area contributed by atoms with Gasteiger partial charge in [-0.3, -0.25) is 4.90 Å². The molecule has 2 rings (SSSR count). The predicted octanol–water partition coefficient (Wildman–Crippen LogP) is -1.77. The highest BCUT2D eigenvalue weighted by Gasteiger charge is 2.59. The third-order valence-electron chi connectivity index (χ3n) is 3.08. The molecule has 5 atom stereocenters. The monoisotopic (exact) mass is 271 g/mol. The Kier molecular flexibility index (Phi) is 3.47. The van der Waals surface area contributed by atoms with Crippen LogP contribution in [0, 0.1) is 12.3 Å². The SMILES string of the molecule is C#C[C@]1(F)C(O)[C@@H](CO)O[C@H]1N1C=CC(N)NC1=O. The molecule has 2 heterocycles. The second-order valence-corrected chi connectivity index (χ2v) is 4.29. The first-order valence-electron chi connectivity index (χ1n) is 5.58. The molecular weight excluding hydrogens is 257 g/mol. The fraction of sp³-hybridized carbons (Fsp3) is 0.545. The van der Waals surface area contributed by atoms with E-state index in [9.17, 15) is 14.3 Å². The molecular formula is C11H14FN3O4. The van der Waals surface area contributed by atoms with E-state index in [0.717, 1.165) is 4.90 Å². The number of aliphatic hydroxyl groups is 2. The molecule has 7 nitrogen and oxygen atoms in total. The van der Waals surface area contributed by atoms with Crippen molar-refractivity contribution >= 4 is 6.03 Å². The van der Waals surface area contributed by atoms with Gasteiger partial charge in [-0.15, -0.1) is 6.42 Å². The Morgan fingerprint density at radius 3 is 2.95 bits per heavy atom. The van der Waals surface area contributed by atoms with Crippen LogP contribution in [0.1, 0.15) is 0 Å². The molecule has 1 saturated heterocycles. The van der Waals surface area contributed by atoms with Crippen LogP contribution in [0.4, 0.5) is 9.18 Å². The van der Waals surface area contributed by atoms with Crippen LogP contribution in [0.3, 0.4) is 0 Å². The Labute approximate surface area is 108 Å². The van der Waals surface area contributed by atoms with Gasteiger partial charge in [-0.1, -0.05) is 5.92 Å². The minimum absolute atomic E-state index is 0.621. The molecule has 19 heavy (non-hydrogen) atoms. The largest absolute Gasteiger partial charge is 0.394 e. The van der Waals surface area contributed by atoms with Crippen LogP contribution in [0.15, 0.2) is 12.3 Å². The molecule has 2 amide bonds. The van der Waals surface area contributed by atoms with E-state index < -0.39 is 42.9 Å². The van der Waals surface area contributed by atoms with Gasteiger partial charge in [0.25, 0.3) is 0 Å². The van der Waals surface area contributed by atoms with E-state index in [-0.39, 0.29) is 0 Å². The zero-order valence-corrected chi connectivity index (χ0v) is 9.86. The van der Waals surface area contributed by atoms with Crippen LogP contribution in [-0.4, -0.2) is 58.0 Å². The van der Waals surface area contributed by atoms with Gasteiger partial charge in [-0.2, -0.15) is 0 Å². The van der Waals surface area contributed by atoms with Crippen LogP contribution >= 0.6 is 0 Å². The van der Waals surface area contributed by atoms with Crippen molar-refractivity contribution in [3.8, 4) is 12.3 Å². The average molecular weight is 271 g/mol. The van der Waals surface area contributed by atoms with Crippen molar-refractivity contribution < 1.29 is 24.1 Å². The molecule has 0 radical (unpaired) electrons. The van der Waals surface area contributed by atoms with Gasteiger partial charge < -0.3 is 26.0 Å². The number of aliphatic hydroxyl groups excluding tert-OH is 2. The van der Waals surface area contributed by atoms with E-state index in [0.29, 0.717) is 0 Å². The number of rotatable bonds is 2. The first-order chi connectivity index (χ1) is 8.93. The van der Waals surface area contributed by atoms with E-state index in [1.807, 2.05) is 0 Å². The lowest BCUT2D eigenvalue weighted by Gasteiger charge is -2.33. The van der Waals surface area contributed by atoms with Gasteiger partial charge in [-0.05, 0) is 6.08 Å². The summed E-state index contributed by atoms with van der Waals surface area (Å²) >= 11 is 0. The number of ether oxygens (including phenoxy) is 1. The summed E-state index contributed by atoms with van der Waals surface area (Å²) < 4.78 is 19.7. The molecule has 2 unspecified atom stereocenters. The normalized spacial score (nSPS) is 42.1. The molecule has 0 aromatic heterocycles. The molecule has 0 bridgehead atoms. The molecule has 2 aliphatic rings. The van der Waals surface area contributed by atoms with Crippen LogP contribution in [0.2, 0.25) is 0 Å². The highest BCUT2D eigenvalue weighted by molar-refractivity contribution is 5.77. The fourth-order valence-corrected chi connectivity index (χ4v) is 2.03. The van der Waals surface area contributed by atoms with Crippen LogP contribution in [0.25, 0.3) is 0 Å². The number of terminal acetylenes is 1. The van der Waals surface area contributed by atoms with Crippen molar-refractivity contribution in [1.82, 2.24) is 10.2 Å². The van der Waals surface area contributed by atoms with E-state index in [1.165, 1.54) is 12.3 Å². The summed E-state index contributed by atoms with van der Waals surface area (Å²) in [6, 6.07) is -0.705. The van der Waals surface area contributed by atoms with Crippen molar-refractivity contribution in [2.75, 3.05) is 6.61 Å². The summed E-state index contributed by atoms with van der Waals surface area (Å²) in [6.45, 7) is -0.621. The lowest BCUT2D eigenvalue weighted by atomic mass is 9.96. The summed E-state index contributed by atoms with van der Waals surface area (Å²) in [5.74, 6) is 1.79. The van der Waals surface area contributed by atoms with E-state index in [2.05, 4.69) is 5.32 Å². The van der Waals surface area contributed by atoms with Crippen molar-refractivity contribution in [2.24, 2.45) is 5.73 Å². The number of hydrogen-bond acceptors (Lipinski definition) is 5. The number of nitrogens with two attached hydrogens (primary N) is 1. The number of carbonyl (C=O) groups excluding carboxylic acids is 1. The number of halogens is 1. The minimum atomic E-state index is -2.61. The second-order valence-electron chi connectivity index (χ2n) is 4.29. The molecule has 5 N–H and O–H groups in total. The van der Waals surface area contributed by atoms with Crippen LogP contribution in [0.5, 0.6) is 0 Å². The maximum Gasteiger partial charge on any atom is 0.325 e.